The van der Waals surface area contributed by atoms with E-state index in [2.05, 4.69) is 97.8 Å². The molecule has 2 aromatic carbocycles. The van der Waals surface area contributed by atoms with Gasteiger partial charge in [0.05, 0.1) is 18.0 Å². The summed E-state index contributed by atoms with van der Waals surface area (Å²) < 4.78 is 4.46. The fraction of sp³-hybridized carbons (Fsp3) is 0.200. The minimum Gasteiger partial charge on any atom is -0.350 e. The zero-order chi connectivity index (χ0) is 15.0. The van der Waals surface area contributed by atoms with Crippen molar-refractivity contribution in [3.8, 4) is 0 Å². The van der Waals surface area contributed by atoms with Gasteiger partial charge in [-0.15, -0.1) is 0 Å². The lowest BCUT2D eigenvalue weighted by Crippen LogP contribution is -2.26. The largest absolute Gasteiger partial charge is 0.350 e. The average molecular weight is 540 g/mol. The second-order valence-electron chi connectivity index (χ2n) is 4.81. The van der Waals surface area contributed by atoms with Gasteiger partial charge in [0.2, 0.25) is 0 Å². The molecule has 0 spiro atoms. The smallest absolute Gasteiger partial charge is 0.0905 e. The molecule has 1 heterocycles. The topological polar surface area (TPSA) is 6.48 Å². The summed E-state index contributed by atoms with van der Waals surface area (Å²) in [5.74, 6) is 0. The van der Waals surface area contributed by atoms with E-state index in [0.717, 1.165) is 37.6 Å². The van der Waals surface area contributed by atoms with Gasteiger partial charge < -0.3 is 9.80 Å². The van der Waals surface area contributed by atoms with E-state index in [4.69, 9.17) is 0 Å². The van der Waals surface area contributed by atoms with Gasteiger partial charge in [0.15, 0.2) is 0 Å². The molecule has 3 rings (SSSR count). The zero-order valence-corrected chi connectivity index (χ0v) is 17.3. The highest BCUT2D eigenvalue weighted by Gasteiger charge is 2.25. The summed E-state index contributed by atoms with van der Waals surface area (Å²) in [6.45, 7) is 2.85. The normalized spacial score (nSPS) is 14.9. The molecule has 0 radical (unpaired) electrons. The monoisotopic (exact) mass is 536 g/mol. The first kappa shape index (κ1) is 15.8. The van der Waals surface area contributed by atoms with Gasteiger partial charge in [-0.25, -0.2) is 0 Å². The van der Waals surface area contributed by atoms with Crippen LogP contribution in [0.2, 0.25) is 0 Å². The highest BCUT2D eigenvalue weighted by Crippen LogP contribution is 2.39. The number of nitrogens with zero attached hydrogens (tertiary/aromatic N) is 2. The third-order valence-corrected chi connectivity index (χ3v) is 6.05. The third kappa shape index (κ3) is 3.19. The van der Waals surface area contributed by atoms with Crippen molar-refractivity contribution in [1.82, 2.24) is 0 Å². The van der Waals surface area contributed by atoms with Crippen LogP contribution in [-0.4, -0.2) is 19.8 Å². The van der Waals surface area contributed by atoms with Gasteiger partial charge in [0, 0.05) is 31.0 Å². The number of benzene rings is 2. The molecule has 0 unspecified atom stereocenters. The molecule has 1 aliphatic heterocycles. The van der Waals surface area contributed by atoms with E-state index in [0.29, 0.717) is 0 Å². The van der Waals surface area contributed by atoms with Crippen LogP contribution in [0.15, 0.2) is 54.3 Å². The molecule has 0 bridgehead atoms. The molecular weight excluding hydrogens is 528 g/mol. The summed E-state index contributed by atoms with van der Waals surface area (Å²) in [7, 11) is 0. The van der Waals surface area contributed by atoms with E-state index < -0.39 is 0 Å². The van der Waals surface area contributed by atoms with Crippen molar-refractivity contribution in [2.75, 3.05) is 29.6 Å². The van der Waals surface area contributed by atoms with Gasteiger partial charge in [-0.1, -0.05) is 12.1 Å². The summed E-state index contributed by atoms with van der Waals surface area (Å²) in [6, 6.07) is 12.4. The van der Waals surface area contributed by atoms with Crippen molar-refractivity contribution < 1.29 is 0 Å². The first-order chi connectivity index (χ1) is 10.1. The molecule has 0 aliphatic carbocycles. The Labute approximate surface area is 158 Å². The van der Waals surface area contributed by atoms with Crippen molar-refractivity contribution in [2.24, 2.45) is 0 Å². The minimum atomic E-state index is 0.864. The highest BCUT2D eigenvalue weighted by atomic mass is 79.9. The molecule has 0 saturated carbocycles. The lowest BCUT2D eigenvalue weighted by atomic mass is 10.3. The number of halogens is 4. The lowest BCUT2D eigenvalue weighted by Gasteiger charge is -2.24. The number of rotatable bonds is 2. The molecule has 0 amide bonds. The second-order valence-corrected chi connectivity index (χ2v) is 8.23. The summed E-state index contributed by atoms with van der Waals surface area (Å²) in [4.78, 5) is 4.75. The number of hydrogen-bond acceptors (Lipinski definition) is 2. The summed E-state index contributed by atoms with van der Waals surface area (Å²) in [6.07, 6.45) is 0. The summed E-state index contributed by atoms with van der Waals surface area (Å²) in [5, 5.41) is 0. The van der Waals surface area contributed by atoms with Crippen LogP contribution >= 0.6 is 63.7 Å². The maximum Gasteiger partial charge on any atom is 0.0905 e. The van der Waals surface area contributed by atoms with Crippen LogP contribution in [-0.2, 0) is 0 Å². The fourth-order valence-corrected chi connectivity index (χ4v) is 5.54. The molecule has 110 valence electrons. The van der Waals surface area contributed by atoms with E-state index in [1.165, 1.54) is 11.4 Å². The highest BCUT2D eigenvalue weighted by molar-refractivity contribution is 9.11. The molecule has 2 nitrogen and oxygen atoms in total. The minimum absolute atomic E-state index is 0.864. The molecule has 1 saturated heterocycles. The number of para-hydroxylation sites is 2. The predicted molar refractivity (Wildman–Crippen MR) is 103 cm³/mol. The Morgan fingerprint density at radius 2 is 0.952 bits per heavy atom. The quantitative estimate of drug-likeness (QED) is 0.460. The first-order valence-corrected chi connectivity index (χ1v) is 9.63. The summed E-state index contributed by atoms with van der Waals surface area (Å²) >= 11 is 14.6. The van der Waals surface area contributed by atoms with Crippen LogP contribution < -0.4 is 9.80 Å². The lowest BCUT2D eigenvalue weighted by molar-refractivity contribution is 0.940. The Morgan fingerprint density at radius 1 is 0.619 bits per heavy atom. The maximum absolute atomic E-state index is 3.65. The average Bonchev–Trinajstić information content (AvgIpc) is 2.87. The van der Waals surface area contributed by atoms with E-state index in [9.17, 15) is 0 Å². The van der Waals surface area contributed by atoms with Crippen molar-refractivity contribution in [3.63, 3.8) is 0 Å². The molecule has 0 atom stereocenters. The van der Waals surface area contributed by atoms with Crippen LogP contribution in [0.1, 0.15) is 0 Å². The van der Waals surface area contributed by atoms with Crippen LogP contribution in [0.25, 0.3) is 0 Å². The summed E-state index contributed by atoms with van der Waals surface area (Å²) in [5.41, 5.74) is 2.42. The van der Waals surface area contributed by atoms with Crippen LogP contribution in [0.3, 0.4) is 0 Å². The molecule has 1 fully saturated rings. The van der Waals surface area contributed by atoms with Gasteiger partial charge in [-0.3, -0.25) is 0 Å². The Morgan fingerprint density at radius 3 is 1.29 bits per heavy atom. The second kappa shape index (κ2) is 6.60. The number of anilines is 2. The molecule has 0 N–H and O–H groups in total. The van der Waals surface area contributed by atoms with Gasteiger partial charge in [-0.2, -0.15) is 0 Å². The van der Waals surface area contributed by atoms with Crippen molar-refractivity contribution >= 4 is 75.1 Å². The van der Waals surface area contributed by atoms with Crippen molar-refractivity contribution in [1.29, 1.82) is 0 Å². The third-order valence-electron chi connectivity index (χ3n) is 3.49. The van der Waals surface area contributed by atoms with E-state index in [-0.39, 0.29) is 0 Å². The van der Waals surface area contributed by atoms with E-state index >= 15 is 0 Å². The molecule has 21 heavy (non-hydrogen) atoms. The van der Waals surface area contributed by atoms with Gasteiger partial charge >= 0.3 is 0 Å². The standard InChI is InChI=1S/C15H12Br4N2/c16-10-3-1-4-11(17)14(10)20-7-8-21(9-20)15-12(18)5-2-6-13(15)19/h1-6H,7-9H2. The van der Waals surface area contributed by atoms with Gasteiger partial charge in [0.25, 0.3) is 0 Å². The fourth-order valence-electron chi connectivity index (χ4n) is 2.54. The molecule has 0 aromatic heterocycles. The Kier molecular flexibility index (Phi) is 4.98. The van der Waals surface area contributed by atoms with Crippen molar-refractivity contribution in [2.45, 2.75) is 0 Å². The van der Waals surface area contributed by atoms with Gasteiger partial charge in [-0.05, 0) is 88.0 Å². The SMILES string of the molecule is Brc1cccc(Br)c1N1CCN(c2c(Br)cccc2Br)C1. The number of hydrogen-bond donors (Lipinski definition) is 0. The van der Waals surface area contributed by atoms with E-state index in [1.54, 1.807) is 0 Å². The molecule has 2 aromatic rings. The Balaban J connectivity index is 1.89. The van der Waals surface area contributed by atoms with Crippen LogP contribution in [0.5, 0.6) is 0 Å². The molecular formula is C15H12Br4N2. The van der Waals surface area contributed by atoms with Gasteiger partial charge in [0.1, 0.15) is 0 Å². The zero-order valence-electron chi connectivity index (χ0n) is 11.0. The predicted octanol–water partition coefficient (Wildman–Crippen LogP) is 6.02. The first-order valence-electron chi connectivity index (χ1n) is 6.46. The Bertz CT molecular complexity index is 577. The van der Waals surface area contributed by atoms with E-state index in [1.807, 2.05) is 12.1 Å². The van der Waals surface area contributed by atoms with Crippen LogP contribution in [0, 0.1) is 0 Å². The van der Waals surface area contributed by atoms with Crippen LogP contribution in [0.4, 0.5) is 11.4 Å². The van der Waals surface area contributed by atoms with Crippen molar-refractivity contribution in [3.05, 3.63) is 54.3 Å². The Hall–Kier alpha value is -0.0400. The molecule has 1 aliphatic rings. The maximum atomic E-state index is 3.65. The molecule has 6 heteroatoms.